The highest BCUT2D eigenvalue weighted by Crippen LogP contribution is 2.39. The van der Waals surface area contributed by atoms with E-state index in [9.17, 15) is 4.79 Å². The van der Waals surface area contributed by atoms with Gasteiger partial charge in [-0.05, 0) is 52.6 Å². The van der Waals surface area contributed by atoms with Crippen LogP contribution in [0.5, 0.6) is 0 Å². The number of nitrogens with zero attached hydrogens (tertiary/aromatic N) is 2. The third kappa shape index (κ3) is 3.49. The van der Waals surface area contributed by atoms with Crippen molar-refractivity contribution in [3.05, 3.63) is 28.0 Å². The van der Waals surface area contributed by atoms with Gasteiger partial charge in [-0.3, -0.25) is 0 Å². The monoisotopic (exact) mass is 438 g/mol. The largest absolute Gasteiger partial charge is 0.465 e. The zero-order chi connectivity index (χ0) is 19.3. The number of aromatic nitrogens is 2. The molecule has 3 rings (SSSR count). The van der Waals surface area contributed by atoms with Gasteiger partial charge in [0.05, 0.1) is 29.8 Å². The standard InChI is InChI=1S/C19H27BrN2O3Si/c1-19(2,3)26(5,6)25-13-7-8-16-21-15-10-12(18(23)24-4)9-14(20)17(15)22(16)11-13/h9-10,13H,7-8,11H2,1-6H3. The molecular formula is C19H27BrN2O3Si. The first kappa shape index (κ1) is 19.6. The second-order valence-corrected chi connectivity index (χ2v) is 14.1. The van der Waals surface area contributed by atoms with Crippen molar-refractivity contribution < 1.29 is 14.0 Å². The van der Waals surface area contributed by atoms with Gasteiger partial charge in [0.25, 0.3) is 0 Å². The van der Waals surface area contributed by atoms with Gasteiger partial charge >= 0.3 is 5.97 Å². The number of hydrogen-bond donors (Lipinski definition) is 0. The number of imidazole rings is 1. The van der Waals surface area contributed by atoms with Gasteiger partial charge in [0, 0.05) is 17.4 Å². The Labute approximate surface area is 164 Å². The Morgan fingerprint density at radius 3 is 2.65 bits per heavy atom. The Morgan fingerprint density at radius 1 is 1.35 bits per heavy atom. The van der Waals surface area contributed by atoms with Gasteiger partial charge in [-0.1, -0.05) is 20.8 Å². The van der Waals surface area contributed by atoms with E-state index in [4.69, 9.17) is 14.1 Å². The average Bonchev–Trinajstić information content (AvgIpc) is 2.90. The minimum absolute atomic E-state index is 0.195. The fraction of sp³-hybridized carbons (Fsp3) is 0.579. The minimum atomic E-state index is -1.81. The van der Waals surface area contributed by atoms with E-state index in [0.717, 1.165) is 40.7 Å². The van der Waals surface area contributed by atoms with E-state index < -0.39 is 8.32 Å². The van der Waals surface area contributed by atoms with Crippen molar-refractivity contribution in [3.63, 3.8) is 0 Å². The number of carbonyl (C=O) groups is 1. The molecule has 0 amide bonds. The second-order valence-electron chi connectivity index (χ2n) is 8.49. The van der Waals surface area contributed by atoms with Crippen molar-refractivity contribution in [2.45, 2.75) is 64.4 Å². The zero-order valence-electron chi connectivity index (χ0n) is 16.4. The molecule has 2 heterocycles. The van der Waals surface area contributed by atoms with Crippen molar-refractivity contribution in [2.24, 2.45) is 0 Å². The van der Waals surface area contributed by atoms with E-state index >= 15 is 0 Å². The Balaban J connectivity index is 1.94. The number of hydrogen-bond acceptors (Lipinski definition) is 4. The summed E-state index contributed by atoms with van der Waals surface area (Å²) in [6.45, 7) is 12.2. The maximum absolute atomic E-state index is 11.9. The molecule has 1 unspecified atom stereocenters. The SMILES string of the molecule is COC(=O)c1cc(Br)c2c(c1)nc1n2CC(O[Si](C)(C)C(C)(C)C)CC1. The highest BCUT2D eigenvalue weighted by atomic mass is 79.9. The summed E-state index contributed by atoms with van der Waals surface area (Å²) in [6, 6.07) is 3.61. The van der Waals surface area contributed by atoms with Gasteiger partial charge in [0.1, 0.15) is 5.82 Å². The molecule has 1 aliphatic rings. The molecule has 1 atom stereocenters. The maximum Gasteiger partial charge on any atom is 0.337 e. The predicted octanol–water partition coefficient (Wildman–Crippen LogP) is 4.92. The van der Waals surface area contributed by atoms with E-state index in [1.807, 2.05) is 0 Å². The van der Waals surface area contributed by atoms with Crippen LogP contribution in [0.2, 0.25) is 18.1 Å². The normalized spacial score (nSPS) is 18.0. The third-order valence-electron chi connectivity index (χ3n) is 5.64. The van der Waals surface area contributed by atoms with Crippen LogP contribution in [0.4, 0.5) is 0 Å². The maximum atomic E-state index is 11.9. The molecule has 0 aliphatic carbocycles. The van der Waals surface area contributed by atoms with Gasteiger partial charge in [0.2, 0.25) is 0 Å². The first-order valence-electron chi connectivity index (χ1n) is 8.98. The van der Waals surface area contributed by atoms with E-state index in [1.54, 1.807) is 12.1 Å². The van der Waals surface area contributed by atoms with E-state index in [1.165, 1.54) is 7.11 Å². The molecule has 0 saturated carbocycles. The lowest BCUT2D eigenvalue weighted by Crippen LogP contribution is -2.46. The lowest BCUT2D eigenvalue weighted by molar-refractivity contribution is 0.0601. The topological polar surface area (TPSA) is 53.3 Å². The lowest BCUT2D eigenvalue weighted by atomic mass is 10.1. The van der Waals surface area contributed by atoms with Gasteiger partial charge in [-0.25, -0.2) is 9.78 Å². The Bertz CT molecular complexity index is 855. The first-order valence-corrected chi connectivity index (χ1v) is 12.7. The molecule has 0 N–H and O–H groups in total. The number of carbonyl (C=O) groups excluding carboxylic acids is 1. The van der Waals surface area contributed by atoms with Crippen LogP contribution in [-0.2, 0) is 22.1 Å². The Hall–Kier alpha value is -1.18. The molecule has 0 fully saturated rings. The summed E-state index contributed by atoms with van der Waals surface area (Å²) < 4.78 is 14.6. The predicted molar refractivity (Wildman–Crippen MR) is 109 cm³/mol. The zero-order valence-corrected chi connectivity index (χ0v) is 18.9. The molecule has 142 valence electrons. The molecular weight excluding hydrogens is 412 g/mol. The fourth-order valence-corrected chi connectivity index (χ4v) is 5.21. The number of fused-ring (bicyclic) bond motifs is 3. The lowest BCUT2D eigenvalue weighted by Gasteiger charge is -2.40. The Morgan fingerprint density at radius 2 is 2.04 bits per heavy atom. The summed E-state index contributed by atoms with van der Waals surface area (Å²) in [6.07, 6.45) is 2.07. The Kier molecular flexibility index (Phi) is 5.09. The summed E-state index contributed by atoms with van der Waals surface area (Å²) in [7, 11) is -0.419. The summed E-state index contributed by atoms with van der Waals surface area (Å²) >= 11 is 3.62. The van der Waals surface area contributed by atoms with Crippen LogP contribution in [0.1, 0.15) is 43.4 Å². The van der Waals surface area contributed by atoms with Crippen LogP contribution >= 0.6 is 15.9 Å². The molecule has 0 bridgehead atoms. The van der Waals surface area contributed by atoms with Crippen molar-refractivity contribution in [1.82, 2.24) is 9.55 Å². The molecule has 2 aromatic rings. The number of rotatable bonds is 3. The number of halogens is 1. The summed E-state index contributed by atoms with van der Waals surface area (Å²) in [5, 5.41) is 0.195. The van der Waals surface area contributed by atoms with Gasteiger partial charge in [-0.2, -0.15) is 0 Å². The highest BCUT2D eigenvalue weighted by molar-refractivity contribution is 9.10. The number of methoxy groups -OCH3 is 1. The van der Waals surface area contributed by atoms with Crippen LogP contribution in [0.25, 0.3) is 11.0 Å². The third-order valence-corrected chi connectivity index (χ3v) is 10.8. The molecule has 0 radical (unpaired) electrons. The van der Waals surface area contributed by atoms with E-state index in [0.29, 0.717) is 5.56 Å². The van der Waals surface area contributed by atoms with Crippen LogP contribution in [0, 0.1) is 0 Å². The molecule has 5 nitrogen and oxygen atoms in total. The van der Waals surface area contributed by atoms with Crippen LogP contribution in [-0.4, -0.2) is 37.1 Å². The highest BCUT2D eigenvalue weighted by Gasteiger charge is 2.40. The molecule has 7 heteroatoms. The first-order chi connectivity index (χ1) is 12.0. The fourth-order valence-electron chi connectivity index (χ4n) is 3.16. The van der Waals surface area contributed by atoms with E-state index in [2.05, 4.69) is 54.4 Å². The number of aryl methyl sites for hydroxylation is 1. The minimum Gasteiger partial charge on any atom is -0.465 e. The van der Waals surface area contributed by atoms with Crippen molar-refractivity contribution in [2.75, 3.05) is 7.11 Å². The molecule has 26 heavy (non-hydrogen) atoms. The second kappa shape index (κ2) is 6.76. The van der Waals surface area contributed by atoms with Gasteiger partial charge in [0.15, 0.2) is 8.32 Å². The molecule has 0 saturated heterocycles. The van der Waals surface area contributed by atoms with Crippen molar-refractivity contribution in [1.29, 1.82) is 0 Å². The number of benzene rings is 1. The molecule has 1 aliphatic heterocycles. The molecule has 1 aromatic carbocycles. The summed E-state index contributed by atoms with van der Waals surface area (Å²) in [5.41, 5.74) is 2.36. The van der Waals surface area contributed by atoms with Gasteiger partial charge in [-0.15, -0.1) is 0 Å². The summed E-state index contributed by atoms with van der Waals surface area (Å²) in [4.78, 5) is 16.6. The van der Waals surface area contributed by atoms with Gasteiger partial charge < -0.3 is 13.7 Å². The van der Waals surface area contributed by atoms with Crippen LogP contribution in [0.3, 0.4) is 0 Å². The van der Waals surface area contributed by atoms with Crippen LogP contribution < -0.4 is 0 Å². The summed E-state index contributed by atoms with van der Waals surface area (Å²) in [5.74, 6) is 0.704. The molecule has 1 aromatic heterocycles. The smallest absolute Gasteiger partial charge is 0.337 e. The molecule has 0 spiro atoms. The van der Waals surface area contributed by atoms with Crippen molar-refractivity contribution in [3.8, 4) is 0 Å². The number of esters is 1. The van der Waals surface area contributed by atoms with E-state index in [-0.39, 0.29) is 17.1 Å². The average molecular weight is 439 g/mol. The van der Waals surface area contributed by atoms with Crippen LogP contribution in [0.15, 0.2) is 16.6 Å². The van der Waals surface area contributed by atoms with Crippen molar-refractivity contribution >= 4 is 41.3 Å². The number of ether oxygens (including phenoxy) is 1. The quantitative estimate of drug-likeness (QED) is 0.503.